The van der Waals surface area contributed by atoms with E-state index in [9.17, 15) is 14.7 Å². The minimum Gasteiger partial charge on any atom is -0.496 e. The average Bonchev–Trinajstić information content (AvgIpc) is 2.85. The number of carbonyl (C=O) groups excluding carboxylic acids is 2. The van der Waals surface area contributed by atoms with Crippen LogP contribution in [-0.2, 0) is 16.8 Å². The van der Waals surface area contributed by atoms with Gasteiger partial charge in [-0.3, -0.25) is 9.59 Å². The Morgan fingerprint density at radius 2 is 1.92 bits per heavy atom. The maximum atomic E-state index is 13.3. The van der Waals surface area contributed by atoms with Crippen molar-refractivity contribution in [2.24, 2.45) is 5.92 Å². The lowest BCUT2D eigenvalue weighted by molar-refractivity contribution is -0.140. The van der Waals surface area contributed by atoms with Gasteiger partial charge in [-0.05, 0) is 49.1 Å². The molecule has 0 fully saturated rings. The third kappa shape index (κ3) is 2.01. The van der Waals surface area contributed by atoms with Crippen molar-refractivity contribution in [2.45, 2.75) is 25.4 Å². The summed E-state index contributed by atoms with van der Waals surface area (Å²) in [5, 5.41) is 11.4. The van der Waals surface area contributed by atoms with Crippen molar-refractivity contribution in [2.75, 3.05) is 19.1 Å². The largest absolute Gasteiger partial charge is 0.496 e. The van der Waals surface area contributed by atoms with E-state index in [1.165, 1.54) is 4.90 Å². The van der Waals surface area contributed by atoms with Gasteiger partial charge in [0.2, 0.25) is 0 Å². The molecule has 1 aliphatic carbocycles. The number of aliphatic hydroxyl groups is 1. The zero-order chi connectivity index (χ0) is 18.6. The van der Waals surface area contributed by atoms with Crippen LogP contribution in [0.2, 0.25) is 0 Å². The Morgan fingerprint density at radius 3 is 2.65 bits per heavy atom. The van der Waals surface area contributed by atoms with E-state index < -0.39 is 17.4 Å². The fourth-order valence-electron chi connectivity index (χ4n) is 4.42. The summed E-state index contributed by atoms with van der Waals surface area (Å²) in [4.78, 5) is 27.6. The highest BCUT2D eigenvalue weighted by Crippen LogP contribution is 2.48. The molecule has 5 nitrogen and oxygen atoms in total. The van der Waals surface area contributed by atoms with E-state index in [2.05, 4.69) is 0 Å². The lowest BCUT2D eigenvalue weighted by atomic mass is 9.70. The molecule has 134 valence electrons. The SMILES string of the molecule is COc1ccc2c(c1C)CC[C@H]([C@@]1(O)C(=O)N(C)c3ccccc31)C2=O. The molecule has 0 saturated heterocycles. The predicted molar refractivity (Wildman–Crippen MR) is 97.6 cm³/mol. The van der Waals surface area contributed by atoms with Gasteiger partial charge in [-0.15, -0.1) is 0 Å². The molecule has 1 heterocycles. The van der Waals surface area contributed by atoms with Crippen LogP contribution < -0.4 is 9.64 Å². The molecule has 4 rings (SSSR count). The molecule has 2 aliphatic rings. The van der Waals surface area contributed by atoms with Gasteiger partial charge in [-0.25, -0.2) is 0 Å². The molecule has 2 aromatic rings. The number of nitrogens with zero attached hydrogens (tertiary/aromatic N) is 1. The average molecular weight is 351 g/mol. The molecule has 5 heteroatoms. The predicted octanol–water partition coefficient (Wildman–Crippen LogP) is 2.61. The normalized spacial score (nSPS) is 24.5. The Hall–Kier alpha value is -2.66. The Kier molecular flexibility index (Phi) is 3.66. The van der Waals surface area contributed by atoms with E-state index in [1.54, 1.807) is 44.5 Å². The monoisotopic (exact) mass is 351 g/mol. The second-order valence-corrected chi connectivity index (χ2v) is 7.02. The lowest BCUT2D eigenvalue weighted by Crippen LogP contribution is -2.49. The fourth-order valence-corrected chi connectivity index (χ4v) is 4.42. The number of likely N-dealkylation sites (N-methyl/N-ethyl adjacent to an activating group) is 1. The number of carbonyl (C=O) groups is 2. The van der Waals surface area contributed by atoms with Gasteiger partial charge in [0.15, 0.2) is 11.4 Å². The highest BCUT2D eigenvalue weighted by Gasteiger charge is 2.56. The van der Waals surface area contributed by atoms with Crippen LogP contribution in [0.3, 0.4) is 0 Å². The van der Waals surface area contributed by atoms with Crippen LogP contribution in [0.15, 0.2) is 36.4 Å². The summed E-state index contributed by atoms with van der Waals surface area (Å²) < 4.78 is 5.35. The zero-order valence-electron chi connectivity index (χ0n) is 15.1. The van der Waals surface area contributed by atoms with Crippen LogP contribution in [0, 0.1) is 12.8 Å². The molecule has 0 bridgehead atoms. The first-order valence-corrected chi connectivity index (χ1v) is 8.72. The second kappa shape index (κ2) is 5.68. The minimum absolute atomic E-state index is 0.182. The number of hydrogen-bond acceptors (Lipinski definition) is 4. The van der Waals surface area contributed by atoms with Gasteiger partial charge < -0.3 is 14.7 Å². The van der Waals surface area contributed by atoms with Gasteiger partial charge in [0.05, 0.1) is 18.7 Å². The molecule has 0 saturated carbocycles. The first-order chi connectivity index (χ1) is 12.4. The summed E-state index contributed by atoms with van der Waals surface area (Å²) in [5.41, 5.74) is 1.82. The van der Waals surface area contributed by atoms with Gasteiger partial charge in [-0.1, -0.05) is 18.2 Å². The first kappa shape index (κ1) is 16.8. The molecule has 2 atom stereocenters. The van der Waals surface area contributed by atoms with Crippen molar-refractivity contribution in [1.29, 1.82) is 0 Å². The van der Waals surface area contributed by atoms with Crippen molar-refractivity contribution in [3.05, 3.63) is 58.7 Å². The summed E-state index contributed by atoms with van der Waals surface area (Å²) >= 11 is 0. The van der Waals surface area contributed by atoms with Crippen molar-refractivity contribution in [1.82, 2.24) is 0 Å². The number of ether oxygens (including phenoxy) is 1. The van der Waals surface area contributed by atoms with Gasteiger partial charge >= 0.3 is 0 Å². The molecule has 0 radical (unpaired) electrons. The Morgan fingerprint density at radius 1 is 1.19 bits per heavy atom. The number of rotatable bonds is 2. The van der Waals surface area contributed by atoms with Crippen LogP contribution in [0.1, 0.15) is 33.5 Å². The quantitative estimate of drug-likeness (QED) is 0.903. The van der Waals surface area contributed by atoms with E-state index in [4.69, 9.17) is 4.74 Å². The van der Waals surface area contributed by atoms with Crippen molar-refractivity contribution >= 4 is 17.4 Å². The molecule has 0 spiro atoms. The van der Waals surface area contributed by atoms with Gasteiger partial charge in [0, 0.05) is 18.2 Å². The van der Waals surface area contributed by atoms with Crippen LogP contribution in [0.25, 0.3) is 0 Å². The number of anilines is 1. The summed E-state index contributed by atoms with van der Waals surface area (Å²) in [7, 11) is 3.24. The summed E-state index contributed by atoms with van der Waals surface area (Å²) in [6, 6.07) is 10.7. The van der Waals surface area contributed by atoms with E-state index in [0.717, 1.165) is 16.9 Å². The topological polar surface area (TPSA) is 66.8 Å². The van der Waals surface area contributed by atoms with E-state index in [0.29, 0.717) is 29.7 Å². The lowest BCUT2D eigenvalue weighted by Gasteiger charge is -2.34. The van der Waals surface area contributed by atoms with E-state index in [1.807, 2.05) is 13.0 Å². The van der Waals surface area contributed by atoms with E-state index in [-0.39, 0.29) is 5.78 Å². The van der Waals surface area contributed by atoms with Crippen LogP contribution >= 0.6 is 0 Å². The number of Topliss-reactive ketones (excluding diaryl/α,β-unsaturated/α-hetero) is 1. The highest BCUT2D eigenvalue weighted by molar-refractivity contribution is 6.12. The molecule has 26 heavy (non-hydrogen) atoms. The number of methoxy groups -OCH3 is 1. The molecule has 0 unspecified atom stereocenters. The van der Waals surface area contributed by atoms with Gasteiger partial charge in [-0.2, -0.15) is 0 Å². The standard InChI is InChI=1S/C21H21NO4/c1-12-13-8-10-16(19(23)14(13)9-11-18(12)26-3)21(25)15-6-4-5-7-17(15)22(2)20(21)24/h4-7,9,11,16,25H,8,10H2,1-3H3/t16-,21+/m0/s1. The Bertz CT molecular complexity index is 936. The molecular weight excluding hydrogens is 330 g/mol. The number of amides is 1. The number of hydrogen-bond donors (Lipinski definition) is 1. The first-order valence-electron chi connectivity index (χ1n) is 8.72. The fraction of sp³-hybridized carbons (Fsp3) is 0.333. The van der Waals surface area contributed by atoms with E-state index >= 15 is 0 Å². The van der Waals surface area contributed by atoms with Crippen molar-refractivity contribution in [3.63, 3.8) is 0 Å². The second-order valence-electron chi connectivity index (χ2n) is 7.02. The molecule has 1 aliphatic heterocycles. The summed E-state index contributed by atoms with van der Waals surface area (Å²) in [5.74, 6) is -0.666. The highest BCUT2D eigenvalue weighted by atomic mass is 16.5. The molecular formula is C21H21NO4. The van der Waals surface area contributed by atoms with Gasteiger partial charge in [0.25, 0.3) is 5.91 Å². The smallest absolute Gasteiger partial charge is 0.264 e. The number of benzene rings is 2. The van der Waals surface area contributed by atoms with Crippen LogP contribution in [0.4, 0.5) is 5.69 Å². The summed E-state index contributed by atoms with van der Waals surface area (Å²) in [6.07, 6.45) is 1.04. The number of ketones is 1. The molecule has 1 amide bonds. The Labute approximate surface area is 152 Å². The van der Waals surface area contributed by atoms with Crippen molar-refractivity contribution in [3.8, 4) is 5.75 Å². The van der Waals surface area contributed by atoms with Gasteiger partial charge in [0.1, 0.15) is 5.75 Å². The van der Waals surface area contributed by atoms with Crippen molar-refractivity contribution < 1.29 is 19.4 Å². The maximum absolute atomic E-state index is 13.3. The third-order valence-corrected chi connectivity index (χ3v) is 5.84. The molecule has 0 aromatic heterocycles. The number of fused-ring (bicyclic) bond motifs is 2. The molecule has 1 N–H and O–H groups in total. The summed E-state index contributed by atoms with van der Waals surface area (Å²) in [6.45, 7) is 1.93. The van der Waals surface area contributed by atoms with Crippen LogP contribution in [-0.4, -0.2) is 31.0 Å². The Balaban J connectivity index is 1.82. The zero-order valence-corrected chi connectivity index (χ0v) is 15.1. The molecule has 2 aromatic carbocycles. The number of para-hydroxylation sites is 1. The third-order valence-electron chi connectivity index (χ3n) is 5.84. The maximum Gasteiger partial charge on any atom is 0.264 e. The minimum atomic E-state index is -1.81. The van der Waals surface area contributed by atoms with Crippen LogP contribution in [0.5, 0.6) is 5.75 Å².